The van der Waals surface area contributed by atoms with Crippen molar-refractivity contribution in [2.24, 2.45) is 0 Å². The number of aliphatic hydroxyl groups is 1. The number of thioether (sulfide) groups is 1. The summed E-state index contributed by atoms with van der Waals surface area (Å²) in [4.78, 5) is 21.4. The van der Waals surface area contributed by atoms with E-state index < -0.39 is 18.0 Å². The highest BCUT2D eigenvalue weighted by Gasteiger charge is 2.19. The van der Waals surface area contributed by atoms with Crippen molar-refractivity contribution in [1.82, 2.24) is 0 Å². The van der Waals surface area contributed by atoms with E-state index in [1.54, 1.807) is 0 Å². The Labute approximate surface area is 168 Å². The Morgan fingerprint density at radius 1 is 0.889 bits per heavy atom. The quantitative estimate of drug-likeness (QED) is 0.201. The molecule has 0 aliphatic rings. The smallest absolute Gasteiger partial charge is 0.313 e. The first-order valence-corrected chi connectivity index (χ1v) is 11.4. The van der Waals surface area contributed by atoms with Gasteiger partial charge in [-0.3, -0.25) is 9.59 Å². The normalized spacial score (nSPS) is 13.7. The third-order valence-corrected chi connectivity index (χ3v) is 5.75. The lowest BCUT2D eigenvalue weighted by molar-refractivity contribution is -0.137. The highest BCUT2D eigenvalue weighted by molar-refractivity contribution is 8.00. The maximum absolute atomic E-state index is 10.7. The Balaban J connectivity index is 3.91. The van der Waals surface area contributed by atoms with E-state index in [0.29, 0.717) is 0 Å². The molecule has 0 bridgehead atoms. The molecule has 0 aromatic carbocycles. The minimum atomic E-state index is -0.953. The summed E-state index contributed by atoms with van der Waals surface area (Å²) in [7, 11) is 0. The minimum Gasteiger partial charge on any atom is -0.481 e. The number of carbonyl (C=O) groups is 2. The van der Waals surface area contributed by atoms with Crippen molar-refractivity contribution < 1.29 is 24.9 Å². The van der Waals surface area contributed by atoms with E-state index >= 15 is 0 Å². The van der Waals surface area contributed by atoms with Crippen molar-refractivity contribution in [3.8, 4) is 0 Å². The zero-order valence-corrected chi connectivity index (χ0v) is 17.6. The number of carboxylic acids is 2. The van der Waals surface area contributed by atoms with Crippen LogP contribution in [0.1, 0.15) is 90.4 Å². The molecule has 0 heterocycles. The second-order valence-corrected chi connectivity index (χ2v) is 8.23. The number of rotatable bonds is 19. The average molecular weight is 403 g/mol. The Morgan fingerprint density at radius 2 is 1.44 bits per heavy atom. The van der Waals surface area contributed by atoms with E-state index in [4.69, 9.17) is 10.2 Å². The third kappa shape index (κ3) is 18.1. The molecule has 0 fully saturated rings. The van der Waals surface area contributed by atoms with Gasteiger partial charge in [-0.1, -0.05) is 76.9 Å². The summed E-state index contributed by atoms with van der Waals surface area (Å²) in [6.07, 6.45) is 16.8. The molecule has 0 aliphatic carbocycles. The summed E-state index contributed by atoms with van der Waals surface area (Å²) in [6, 6.07) is 0. The Bertz CT molecular complexity index is 411. The summed E-state index contributed by atoms with van der Waals surface area (Å²) in [5.41, 5.74) is 0. The number of allylic oxidation sites excluding steroid dienone is 1. The summed E-state index contributed by atoms with van der Waals surface area (Å²) >= 11 is 1.14. The maximum atomic E-state index is 10.7. The molecule has 0 amide bonds. The molecular weight excluding hydrogens is 364 g/mol. The van der Waals surface area contributed by atoms with E-state index in [-0.39, 0.29) is 23.8 Å². The average Bonchev–Trinajstić information content (AvgIpc) is 2.62. The molecule has 3 N–H and O–H groups in total. The molecule has 0 saturated carbocycles. The van der Waals surface area contributed by atoms with E-state index in [1.165, 1.54) is 57.8 Å². The first-order valence-electron chi connectivity index (χ1n) is 10.4. The fraction of sp³-hybridized carbons (Fsp3) is 0.810. The van der Waals surface area contributed by atoms with Crippen LogP contribution in [0.2, 0.25) is 0 Å². The first kappa shape index (κ1) is 26.0. The summed E-state index contributed by atoms with van der Waals surface area (Å²) in [5.74, 6) is -1.99. The summed E-state index contributed by atoms with van der Waals surface area (Å²) in [6.45, 7) is 2.23. The molecule has 2 unspecified atom stereocenters. The molecule has 2 atom stereocenters. The van der Waals surface area contributed by atoms with Gasteiger partial charge in [0.1, 0.15) is 0 Å². The predicted molar refractivity (Wildman–Crippen MR) is 112 cm³/mol. The van der Waals surface area contributed by atoms with Crippen LogP contribution in [0.4, 0.5) is 0 Å². The van der Waals surface area contributed by atoms with Crippen molar-refractivity contribution in [1.29, 1.82) is 0 Å². The lowest BCUT2D eigenvalue weighted by Crippen LogP contribution is -2.23. The number of aliphatic carboxylic acids is 2. The number of carboxylic acid groups (broad SMARTS) is 2. The van der Waals surface area contributed by atoms with Gasteiger partial charge in [0.05, 0.1) is 11.9 Å². The Hall–Kier alpha value is -1.01. The maximum Gasteiger partial charge on any atom is 0.313 e. The lowest BCUT2D eigenvalue weighted by Gasteiger charge is -2.18. The number of hydrogen-bond donors (Lipinski definition) is 3. The topological polar surface area (TPSA) is 94.8 Å². The van der Waals surface area contributed by atoms with Gasteiger partial charge in [-0.15, -0.1) is 11.8 Å². The van der Waals surface area contributed by atoms with E-state index in [9.17, 15) is 14.7 Å². The van der Waals surface area contributed by atoms with Crippen molar-refractivity contribution in [3.05, 3.63) is 12.2 Å². The number of unbranched alkanes of at least 4 members (excludes halogenated alkanes) is 10. The van der Waals surface area contributed by atoms with Crippen LogP contribution in [0.3, 0.4) is 0 Å². The fourth-order valence-corrected chi connectivity index (χ4v) is 3.79. The van der Waals surface area contributed by atoms with Crippen LogP contribution in [-0.4, -0.2) is 44.4 Å². The second kappa shape index (κ2) is 18.4. The Kier molecular flexibility index (Phi) is 17.7. The Morgan fingerprint density at radius 3 is 1.96 bits per heavy atom. The van der Waals surface area contributed by atoms with Gasteiger partial charge in [-0.25, -0.2) is 0 Å². The van der Waals surface area contributed by atoms with Crippen molar-refractivity contribution in [2.45, 2.75) is 102 Å². The van der Waals surface area contributed by atoms with Crippen LogP contribution < -0.4 is 0 Å². The van der Waals surface area contributed by atoms with E-state index in [1.807, 2.05) is 12.2 Å². The molecule has 0 spiro atoms. The predicted octanol–water partition coefficient (Wildman–Crippen LogP) is 5.27. The van der Waals surface area contributed by atoms with E-state index in [0.717, 1.165) is 24.6 Å². The van der Waals surface area contributed by atoms with Gasteiger partial charge in [-0.2, -0.15) is 0 Å². The fourth-order valence-electron chi connectivity index (χ4n) is 2.88. The molecule has 0 saturated heterocycles. The molecule has 0 radical (unpaired) electrons. The molecule has 0 aromatic rings. The number of hydrogen-bond acceptors (Lipinski definition) is 4. The van der Waals surface area contributed by atoms with Crippen molar-refractivity contribution >= 4 is 23.7 Å². The number of aliphatic hydroxyl groups excluding tert-OH is 1. The van der Waals surface area contributed by atoms with Crippen molar-refractivity contribution in [2.75, 3.05) is 5.75 Å². The van der Waals surface area contributed by atoms with Crippen LogP contribution in [0, 0.1) is 0 Å². The zero-order valence-electron chi connectivity index (χ0n) is 16.8. The monoisotopic (exact) mass is 402 g/mol. The van der Waals surface area contributed by atoms with Gasteiger partial charge < -0.3 is 15.3 Å². The second-order valence-electron chi connectivity index (χ2n) is 7.07. The third-order valence-electron chi connectivity index (χ3n) is 4.48. The van der Waals surface area contributed by atoms with Gasteiger partial charge in [0.25, 0.3) is 0 Å². The van der Waals surface area contributed by atoms with Gasteiger partial charge >= 0.3 is 11.9 Å². The van der Waals surface area contributed by atoms with Crippen LogP contribution >= 0.6 is 11.8 Å². The van der Waals surface area contributed by atoms with Crippen LogP contribution in [0.5, 0.6) is 0 Å². The molecule has 27 heavy (non-hydrogen) atoms. The molecule has 0 aliphatic heterocycles. The van der Waals surface area contributed by atoms with Gasteiger partial charge in [0.15, 0.2) is 0 Å². The minimum absolute atomic E-state index is 0.0998. The largest absolute Gasteiger partial charge is 0.481 e. The molecule has 0 rings (SSSR count). The van der Waals surface area contributed by atoms with Crippen LogP contribution in [0.15, 0.2) is 12.2 Å². The molecule has 0 aromatic heterocycles. The highest BCUT2D eigenvalue weighted by Crippen LogP contribution is 2.20. The van der Waals surface area contributed by atoms with Crippen LogP contribution in [-0.2, 0) is 9.59 Å². The van der Waals surface area contributed by atoms with Crippen molar-refractivity contribution in [3.63, 3.8) is 0 Å². The SMILES string of the molecule is CCCCCCCCCCCCC=CC(SCC(=O)O)C(O)CCC(=O)O. The van der Waals surface area contributed by atoms with Crippen LogP contribution in [0.25, 0.3) is 0 Å². The molecule has 6 heteroatoms. The zero-order chi connectivity index (χ0) is 20.3. The summed E-state index contributed by atoms with van der Waals surface area (Å²) < 4.78 is 0. The van der Waals surface area contributed by atoms with Gasteiger partial charge in [-0.05, 0) is 19.3 Å². The van der Waals surface area contributed by atoms with Gasteiger partial charge in [0, 0.05) is 11.7 Å². The standard InChI is InChI=1S/C21H38O5S/c1-2-3-4-5-6-7-8-9-10-11-12-13-14-19(27-17-21(25)26)18(22)15-16-20(23)24/h13-14,18-19,22H,2-12,15-17H2,1H3,(H,23,24)(H,25,26). The summed E-state index contributed by atoms with van der Waals surface area (Å²) in [5, 5.41) is 27.3. The lowest BCUT2D eigenvalue weighted by atomic mass is 10.1. The first-order chi connectivity index (χ1) is 13.0. The van der Waals surface area contributed by atoms with Gasteiger partial charge in [0.2, 0.25) is 0 Å². The molecule has 158 valence electrons. The molecular formula is C21H38O5S. The molecule has 5 nitrogen and oxygen atoms in total. The highest BCUT2D eigenvalue weighted by atomic mass is 32.2. The van der Waals surface area contributed by atoms with E-state index in [2.05, 4.69) is 6.92 Å².